The first-order valence-corrected chi connectivity index (χ1v) is 8.39. The van der Waals surface area contributed by atoms with E-state index in [1.54, 1.807) is 0 Å². The van der Waals surface area contributed by atoms with Crippen LogP contribution >= 0.6 is 11.8 Å². The molecule has 0 aliphatic heterocycles. The van der Waals surface area contributed by atoms with Gasteiger partial charge in [0.15, 0.2) is 5.16 Å². The molecule has 1 heterocycles. The van der Waals surface area contributed by atoms with Crippen molar-refractivity contribution < 1.29 is 9.90 Å². The maximum Gasteiger partial charge on any atom is 0.313 e. The van der Waals surface area contributed by atoms with Gasteiger partial charge in [0, 0.05) is 5.54 Å². The summed E-state index contributed by atoms with van der Waals surface area (Å²) in [6, 6.07) is 8.04. The van der Waals surface area contributed by atoms with E-state index in [-0.39, 0.29) is 11.3 Å². The molecule has 0 aliphatic carbocycles. The average molecular weight is 306 g/mol. The number of carboxylic acid groups (broad SMARTS) is 1. The van der Waals surface area contributed by atoms with Crippen molar-refractivity contribution in [1.29, 1.82) is 0 Å². The number of fused-ring (bicyclic) bond motifs is 1. The molecule has 0 saturated carbocycles. The lowest BCUT2D eigenvalue weighted by Gasteiger charge is -2.34. The Hall–Kier alpha value is -1.49. The minimum Gasteiger partial charge on any atom is -0.481 e. The lowest BCUT2D eigenvalue weighted by molar-refractivity contribution is -0.133. The quantitative estimate of drug-likeness (QED) is 0.781. The van der Waals surface area contributed by atoms with Crippen molar-refractivity contribution in [2.75, 3.05) is 5.75 Å². The molecule has 21 heavy (non-hydrogen) atoms. The van der Waals surface area contributed by atoms with Crippen molar-refractivity contribution in [3.63, 3.8) is 0 Å². The highest BCUT2D eigenvalue weighted by atomic mass is 32.2. The number of carboxylic acids is 1. The number of hydrogen-bond acceptors (Lipinski definition) is 3. The van der Waals surface area contributed by atoms with E-state index < -0.39 is 5.97 Å². The second kappa shape index (κ2) is 6.52. The number of thioether (sulfide) groups is 1. The summed E-state index contributed by atoms with van der Waals surface area (Å²) in [5.41, 5.74) is 2.03. The van der Waals surface area contributed by atoms with Crippen molar-refractivity contribution in [3.8, 4) is 0 Å². The molecule has 0 spiro atoms. The highest BCUT2D eigenvalue weighted by molar-refractivity contribution is 7.99. The van der Waals surface area contributed by atoms with Gasteiger partial charge in [-0.2, -0.15) is 0 Å². The molecule has 2 aromatic rings. The van der Waals surface area contributed by atoms with Crippen molar-refractivity contribution in [3.05, 3.63) is 24.3 Å². The molecule has 0 aliphatic rings. The lowest BCUT2D eigenvalue weighted by atomic mass is 9.89. The highest BCUT2D eigenvalue weighted by Gasteiger charge is 2.30. The molecule has 2 rings (SSSR count). The molecule has 0 amide bonds. The number of aliphatic carboxylic acids is 1. The monoisotopic (exact) mass is 306 g/mol. The summed E-state index contributed by atoms with van der Waals surface area (Å²) >= 11 is 1.31. The molecular formula is C16H22N2O2S. The fourth-order valence-electron chi connectivity index (χ4n) is 2.91. The molecule has 5 heteroatoms. The van der Waals surface area contributed by atoms with Gasteiger partial charge in [0.05, 0.1) is 16.8 Å². The second-order valence-electron chi connectivity index (χ2n) is 5.19. The van der Waals surface area contributed by atoms with Crippen molar-refractivity contribution in [2.45, 2.75) is 50.7 Å². The Morgan fingerprint density at radius 3 is 2.43 bits per heavy atom. The first kappa shape index (κ1) is 15.9. The van der Waals surface area contributed by atoms with Crippen molar-refractivity contribution >= 4 is 28.8 Å². The van der Waals surface area contributed by atoms with Crippen LogP contribution in [0.2, 0.25) is 0 Å². The number of benzene rings is 1. The average Bonchev–Trinajstić information content (AvgIpc) is 2.87. The highest BCUT2D eigenvalue weighted by Crippen LogP contribution is 2.37. The summed E-state index contributed by atoms with van der Waals surface area (Å²) < 4.78 is 2.26. The Balaban J connectivity index is 2.61. The maximum atomic E-state index is 10.9. The molecule has 0 atom stereocenters. The number of imidazole rings is 1. The van der Waals surface area contributed by atoms with Crippen LogP contribution in [0.3, 0.4) is 0 Å². The topological polar surface area (TPSA) is 55.1 Å². The van der Waals surface area contributed by atoms with Crippen LogP contribution in [0.5, 0.6) is 0 Å². The van der Waals surface area contributed by atoms with E-state index in [9.17, 15) is 4.79 Å². The van der Waals surface area contributed by atoms with Crippen molar-refractivity contribution in [1.82, 2.24) is 9.55 Å². The molecule has 0 saturated heterocycles. The van der Waals surface area contributed by atoms with E-state index in [0.717, 1.165) is 35.5 Å². The van der Waals surface area contributed by atoms with Crippen LogP contribution in [0, 0.1) is 0 Å². The summed E-state index contributed by atoms with van der Waals surface area (Å²) in [6.45, 7) is 6.56. The first-order chi connectivity index (χ1) is 10.1. The standard InChI is InChI=1S/C16H22N2O2S/c1-4-16(5-2,6-3)18-13-10-8-7-9-12(13)17-15(18)21-11-14(19)20/h7-10H,4-6,11H2,1-3H3,(H,19,20). The third-order valence-electron chi connectivity index (χ3n) is 4.30. The van der Waals surface area contributed by atoms with Gasteiger partial charge in [-0.1, -0.05) is 44.7 Å². The molecule has 0 unspecified atom stereocenters. The SMILES string of the molecule is CCC(CC)(CC)n1c(SCC(=O)O)nc2ccccc21. The summed E-state index contributed by atoms with van der Waals surface area (Å²) in [4.78, 5) is 15.6. The minimum absolute atomic E-state index is 0.00304. The smallest absolute Gasteiger partial charge is 0.313 e. The second-order valence-corrected chi connectivity index (χ2v) is 6.13. The van der Waals surface area contributed by atoms with Gasteiger partial charge in [-0.25, -0.2) is 4.98 Å². The number of aromatic nitrogens is 2. The predicted molar refractivity (Wildman–Crippen MR) is 86.9 cm³/mol. The molecular weight excluding hydrogens is 284 g/mol. The van der Waals surface area contributed by atoms with E-state index in [0.29, 0.717) is 0 Å². The molecule has 114 valence electrons. The molecule has 1 aromatic carbocycles. The number of para-hydroxylation sites is 2. The molecule has 0 fully saturated rings. The number of hydrogen-bond donors (Lipinski definition) is 1. The summed E-state index contributed by atoms with van der Waals surface area (Å²) in [6.07, 6.45) is 3.00. The first-order valence-electron chi connectivity index (χ1n) is 7.40. The molecule has 0 radical (unpaired) electrons. The van der Waals surface area contributed by atoms with Crippen LogP contribution in [0.15, 0.2) is 29.4 Å². The Labute approximate surface area is 129 Å². The van der Waals surface area contributed by atoms with Gasteiger partial charge in [-0.15, -0.1) is 0 Å². The zero-order chi connectivity index (χ0) is 15.5. The zero-order valence-electron chi connectivity index (χ0n) is 12.8. The van der Waals surface area contributed by atoms with Crippen molar-refractivity contribution in [2.24, 2.45) is 0 Å². The normalized spacial score (nSPS) is 12.0. The van der Waals surface area contributed by atoms with Crippen LogP contribution in [0.1, 0.15) is 40.0 Å². The molecule has 1 aromatic heterocycles. The van der Waals surface area contributed by atoms with E-state index >= 15 is 0 Å². The molecule has 1 N–H and O–H groups in total. The Bertz CT molecular complexity index is 624. The van der Waals surface area contributed by atoms with Gasteiger partial charge >= 0.3 is 5.97 Å². The number of carbonyl (C=O) groups is 1. The van der Waals surface area contributed by atoms with Crippen LogP contribution in [0.4, 0.5) is 0 Å². The van der Waals surface area contributed by atoms with Crippen LogP contribution in [-0.2, 0) is 10.3 Å². The Morgan fingerprint density at radius 2 is 1.86 bits per heavy atom. The summed E-state index contributed by atoms with van der Waals surface area (Å²) in [5, 5.41) is 9.77. The number of nitrogens with zero attached hydrogens (tertiary/aromatic N) is 2. The van der Waals surface area contributed by atoms with Gasteiger partial charge in [0.1, 0.15) is 0 Å². The van der Waals surface area contributed by atoms with E-state index in [1.807, 2.05) is 18.2 Å². The van der Waals surface area contributed by atoms with Gasteiger partial charge in [0.2, 0.25) is 0 Å². The molecule has 0 bridgehead atoms. The third kappa shape index (κ3) is 2.93. The van der Waals surface area contributed by atoms with Gasteiger partial charge in [-0.3, -0.25) is 4.79 Å². The van der Waals surface area contributed by atoms with Gasteiger partial charge in [0.25, 0.3) is 0 Å². The lowest BCUT2D eigenvalue weighted by Crippen LogP contribution is -2.32. The van der Waals surface area contributed by atoms with E-state index in [4.69, 9.17) is 5.11 Å². The molecule has 4 nitrogen and oxygen atoms in total. The van der Waals surface area contributed by atoms with Gasteiger partial charge in [-0.05, 0) is 31.4 Å². The number of rotatable bonds is 7. The Kier molecular flexibility index (Phi) is 4.93. The van der Waals surface area contributed by atoms with Gasteiger partial charge < -0.3 is 9.67 Å². The zero-order valence-corrected chi connectivity index (χ0v) is 13.6. The summed E-state index contributed by atoms with van der Waals surface area (Å²) in [5.74, 6) is -0.773. The van der Waals surface area contributed by atoms with E-state index in [1.165, 1.54) is 11.8 Å². The fraction of sp³-hybridized carbons (Fsp3) is 0.500. The summed E-state index contributed by atoms with van der Waals surface area (Å²) in [7, 11) is 0. The van der Waals surface area contributed by atoms with Crippen LogP contribution in [-0.4, -0.2) is 26.4 Å². The van der Waals surface area contributed by atoms with Crippen LogP contribution < -0.4 is 0 Å². The maximum absolute atomic E-state index is 10.9. The third-order valence-corrected chi connectivity index (χ3v) is 5.23. The fourth-order valence-corrected chi connectivity index (χ4v) is 3.75. The largest absolute Gasteiger partial charge is 0.481 e. The Morgan fingerprint density at radius 1 is 1.24 bits per heavy atom. The van der Waals surface area contributed by atoms with E-state index in [2.05, 4.69) is 36.4 Å². The van der Waals surface area contributed by atoms with Crippen LogP contribution in [0.25, 0.3) is 11.0 Å². The minimum atomic E-state index is -0.811. The predicted octanol–water partition coefficient (Wildman–Crippen LogP) is 4.14.